The highest BCUT2D eigenvalue weighted by Gasteiger charge is 2.23. The standard InChI is InChI=1S/C6H11NO2/c1-4-2-5(7)6(8)9-3-4/h4-5H,2-3,7H2,1H3/t4?,5-/m0/s1. The number of ether oxygens (including phenoxy) is 1. The van der Waals surface area contributed by atoms with E-state index in [0.29, 0.717) is 12.5 Å². The van der Waals surface area contributed by atoms with Crippen LogP contribution in [0.4, 0.5) is 0 Å². The summed E-state index contributed by atoms with van der Waals surface area (Å²) in [5.74, 6) is 0.172. The minimum absolute atomic E-state index is 0.256. The van der Waals surface area contributed by atoms with Crippen molar-refractivity contribution in [3.8, 4) is 0 Å². The third-order valence-electron chi connectivity index (χ3n) is 1.47. The summed E-state index contributed by atoms with van der Waals surface area (Å²) in [6, 6.07) is -0.381. The van der Waals surface area contributed by atoms with Crippen molar-refractivity contribution in [2.45, 2.75) is 19.4 Å². The topological polar surface area (TPSA) is 52.3 Å². The highest BCUT2D eigenvalue weighted by Crippen LogP contribution is 2.11. The Morgan fingerprint density at radius 3 is 2.89 bits per heavy atom. The average Bonchev–Trinajstić information content (AvgIpc) is 1.80. The summed E-state index contributed by atoms with van der Waals surface area (Å²) in [7, 11) is 0. The van der Waals surface area contributed by atoms with Crippen molar-refractivity contribution in [2.75, 3.05) is 6.61 Å². The van der Waals surface area contributed by atoms with Crippen molar-refractivity contribution < 1.29 is 9.53 Å². The lowest BCUT2D eigenvalue weighted by Gasteiger charge is -2.22. The molecule has 9 heavy (non-hydrogen) atoms. The molecule has 2 atom stereocenters. The zero-order valence-corrected chi connectivity index (χ0v) is 5.46. The summed E-state index contributed by atoms with van der Waals surface area (Å²) in [4.78, 5) is 10.6. The molecule has 1 rings (SSSR count). The number of cyclic esters (lactones) is 1. The second-order valence-corrected chi connectivity index (χ2v) is 2.58. The molecule has 0 bridgehead atoms. The predicted molar refractivity (Wildman–Crippen MR) is 32.7 cm³/mol. The quantitative estimate of drug-likeness (QED) is 0.464. The van der Waals surface area contributed by atoms with Gasteiger partial charge in [0.1, 0.15) is 6.04 Å². The molecule has 0 radical (unpaired) electrons. The molecule has 3 nitrogen and oxygen atoms in total. The van der Waals surface area contributed by atoms with Crippen molar-refractivity contribution in [3.63, 3.8) is 0 Å². The number of esters is 1. The smallest absolute Gasteiger partial charge is 0.322 e. The van der Waals surface area contributed by atoms with Crippen LogP contribution in [0.25, 0.3) is 0 Å². The summed E-state index contributed by atoms with van der Waals surface area (Å²) < 4.78 is 4.74. The van der Waals surface area contributed by atoms with Crippen LogP contribution >= 0.6 is 0 Å². The third kappa shape index (κ3) is 1.42. The van der Waals surface area contributed by atoms with Gasteiger partial charge in [-0.15, -0.1) is 0 Å². The largest absolute Gasteiger partial charge is 0.464 e. The Labute approximate surface area is 54.2 Å². The summed E-state index contributed by atoms with van der Waals surface area (Å²) >= 11 is 0. The second-order valence-electron chi connectivity index (χ2n) is 2.58. The number of rotatable bonds is 0. The molecule has 2 N–H and O–H groups in total. The Bertz CT molecular complexity index is 124. The van der Waals surface area contributed by atoms with Crippen molar-refractivity contribution in [1.29, 1.82) is 0 Å². The van der Waals surface area contributed by atoms with Crippen molar-refractivity contribution in [1.82, 2.24) is 0 Å². The predicted octanol–water partition coefficient (Wildman–Crippen LogP) is -0.103. The van der Waals surface area contributed by atoms with Crippen LogP contribution in [0.1, 0.15) is 13.3 Å². The van der Waals surface area contributed by atoms with E-state index in [0.717, 1.165) is 6.42 Å². The summed E-state index contributed by atoms with van der Waals surface area (Å²) in [6.45, 7) is 2.55. The fraction of sp³-hybridized carbons (Fsp3) is 0.833. The molecule has 1 heterocycles. The zero-order chi connectivity index (χ0) is 6.85. The van der Waals surface area contributed by atoms with Gasteiger partial charge in [-0.25, -0.2) is 0 Å². The van der Waals surface area contributed by atoms with Gasteiger partial charge < -0.3 is 10.5 Å². The highest BCUT2D eigenvalue weighted by atomic mass is 16.5. The van der Waals surface area contributed by atoms with E-state index in [-0.39, 0.29) is 12.0 Å². The number of carbonyl (C=O) groups excluding carboxylic acids is 1. The molecule has 0 aromatic rings. The molecule has 0 spiro atoms. The SMILES string of the molecule is CC1COC(=O)[C@@H](N)C1. The van der Waals surface area contributed by atoms with Gasteiger partial charge in [0.25, 0.3) is 0 Å². The normalized spacial score (nSPS) is 36.0. The van der Waals surface area contributed by atoms with Gasteiger partial charge in [-0.1, -0.05) is 6.92 Å². The maximum Gasteiger partial charge on any atom is 0.322 e. The lowest BCUT2D eigenvalue weighted by atomic mass is 10.0. The van der Waals surface area contributed by atoms with Crippen LogP contribution in [0.5, 0.6) is 0 Å². The lowest BCUT2D eigenvalue weighted by Crippen LogP contribution is -2.39. The highest BCUT2D eigenvalue weighted by molar-refractivity contribution is 5.76. The Balaban J connectivity index is 2.44. The molecular formula is C6H11NO2. The third-order valence-corrected chi connectivity index (χ3v) is 1.47. The van der Waals surface area contributed by atoms with Gasteiger partial charge in [0.15, 0.2) is 0 Å². The van der Waals surface area contributed by atoms with Crippen LogP contribution in [0.15, 0.2) is 0 Å². The first kappa shape index (κ1) is 6.55. The molecule has 0 amide bonds. The molecule has 1 saturated heterocycles. The molecule has 1 unspecified atom stereocenters. The van der Waals surface area contributed by atoms with Gasteiger partial charge in [0.2, 0.25) is 0 Å². The van der Waals surface area contributed by atoms with E-state index < -0.39 is 0 Å². The van der Waals surface area contributed by atoms with Crippen LogP contribution in [-0.2, 0) is 9.53 Å². The maximum atomic E-state index is 10.6. The van der Waals surface area contributed by atoms with Crippen molar-refractivity contribution in [2.24, 2.45) is 11.7 Å². The molecule has 0 aromatic heterocycles. The van der Waals surface area contributed by atoms with Crippen LogP contribution in [0.2, 0.25) is 0 Å². The molecule has 0 aromatic carbocycles. The van der Waals surface area contributed by atoms with Gasteiger partial charge in [-0.05, 0) is 12.3 Å². The minimum atomic E-state index is -0.381. The summed E-state index contributed by atoms with van der Waals surface area (Å²) in [5.41, 5.74) is 5.39. The average molecular weight is 129 g/mol. The van der Waals surface area contributed by atoms with E-state index in [4.69, 9.17) is 10.5 Å². The fourth-order valence-corrected chi connectivity index (χ4v) is 0.929. The van der Waals surface area contributed by atoms with E-state index >= 15 is 0 Å². The summed E-state index contributed by atoms with van der Waals surface area (Å²) in [6.07, 6.45) is 0.763. The van der Waals surface area contributed by atoms with Gasteiger partial charge >= 0.3 is 5.97 Å². The number of nitrogens with two attached hydrogens (primary N) is 1. The fourth-order valence-electron chi connectivity index (χ4n) is 0.929. The van der Waals surface area contributed by atoms with Gasteiger partial charge in [-0.3, -0.25) is 4.79 Å². The van der Waals surface area contributed by atoms with Crippen LogP contribution in [-0.4, -0.2) is 18.6 Å². The molecular weight excluding hydrogens is 118 g/mol. The van der Waals surface area contributed by atoms with Gasteiger partial charge in [0, 0.05) is 0 Å². The Hall–Kier alpha value is -0.570. The zero-order valence-electron chi connectivity index (χ0n) is 5.46. The first-order valence-electron chi connectivity index (χ1n) is 3.12. The van der Waals surface area contributed by atoms with Gasteiger partial charge in [-0.2, -0.15) is 0 Å². The van der Waals surface area contributed by atoms with Crippen LogP contribution in [0, 0.1) is 5.92 Å². The molecule has 3 heteroatoms. The molecule has 1 fully saturated rings. The van der Waals surface area contributed by atoms with E-state index in [1.54, 1.807) is 0 Å². The van der Waals surface area contributed by atoms with Gasteiger partial charge in [0.05, 0.1) is 6.61 Å². The van der Waals surface area contributed by atoms with Crippen LogP contribution < -0.4 is 5.73 Å². The van der Waals surface area contributed by atoms with E-state index in [9.17, 15) is 4.79 Å². The number of hydrogen-bond acceptors (Lipinski definition) is 3. The summed E-state index contributed by atoms with van der Waals surface area (Å²) in [5, 5.41) is 0. The number of hydrogen-bond donors (Lipinski definition) is 1. The van der Waals surface area contributed by atoms with Crippen LogP contribution in [0.3, 0.4) is 0 Å². The first-order valence-corrected chi connectivity index (χ1v) is 3.12. The molecule has 0 saturated carbocycles. The minimum Gasteiger partial charge on any atom is -0.464 e. The molecule has 1 aliphatic rings. The number of carbonyl (C=O) groups is 1. The Morgan fingerprint density at radius 2 is 2.44 bits per heavy atom. The van der Waals surface area contributed by atoms with E-state index in [1.165, 1.54) is 0 Å². The first-order chi connectivity index (χ1) is 4.20. The lowest BCUT2D eigenvalue weighted by molar-refractivity contribution is -0.151. The molecule has 1 aliphatic heterocycles. The van der Waals surface area contributed by atoms with E-state index in [2.05, 4.69) is 0 Å². The van der Waals surface area contributed by atoms with Crippen molar-refractivity contribution >= 4 is 5.97 Å². The van der Waals surface area contributed by atoms with E-state index in [1.807, 2.05) is 6.92 Å². The molecule has 0 aliphatic carbocycles. The Kier molecular flexibility index (Phi) is 1.71. The van der Waals surface area contributed by atoms with Crippen molar-refractivity contribution in [3.05, 3.63) is 0 Å². The second kappa shape index (κ2) is 2.35. The maximum absolute atomic E-state index is 10.6. The monoisotopic (exact) mass is 129 g/mol. The Morgan fingerprint density at radius 1 is 1.78 bits per heavy atom. The molecule has 52 valence electrons.